The van der Waals surface area contributed by atoms with Crippen LogP contribution >= 0.6 is 0 Å². The number of carbonyl (C=O) groups is 3. The molecule has 0 aromatic heterocycles. The molecule has 1 aliphatic heterocycles. The van der Waals surface area contributed by atoms with E-state index >= 15 is 0 Å². The zero-order valence-corrected chi connectivity index (χ0v) is 37.3. The second-order valence-electron chi connectivity index (χ2n) is 14.4. The van der Waals surface area contributed by atoms with Crippen LogP contribution in [0.4, 0.5) is 37.7 Å². The SMILES string of the molecule is COC(=O)[C@@H](N)CN(c1ccc(Oc2ccc(C(F)(F)F)cc2)cc1)S(C)(=O)=O.COC(=O)[C@H](CN(c1ccc(Oc2ccc(C(F)(F)F)cc2)cc1)S(C)(=O)=O)NC(=O)C1CCOCC1. The number of alkyl halides is 6. The van der Waals surface area contributed by atoms with Crippen LogP contribution in [0.5, 0.6) is 23.0 Å². The summed E-state index contributed by atoms with van der Waals surface area (Å²) in [5.74, 6) is -1.48. The number of hydrogen-bond donors (Lipinski definition) is 2. The molecule has 1 aliphatic rings. The van der Waals surface area contributed by atoms with Crippen LogP contribution in [0, 0.1) is 5.92 Å². The number of halogens is 6. The summed E-state index contributed by atoms with van der Waals surface area (Å²) >= 11 is 0. The van der Waals surface area contributed by atoms with Gasteiger partial charge in [0.15, 0.2) is 0 Å². The molecule has 1 amide bonds. The lowest BCUT2D eigenvalue weighted by atomic mass is 9.99. The first-order valence-electron chi connectivity index (χ1n) is 19.4. The van der Waals surface area contributed by atoms with Gasteiger partial charge < -0.3 is 34.7 Å². The lowest BCUT2D eigenvalue weighted by molar-refractivity contribution is -0.145. The van der Waals surface area contributed by atoms with Crippen LogP contribution in [0.25, 0.3) is 0 Å². The van der Waals surface area contributed by atoms with Gasteiger partial charge in [0, 0.05) is 19.1 Å². The number of rotatable bonds is 16. The van der Waals surface area contributed by atoms with Gasteiger partial charge in [0.25, 0.3) is 0 Å². The third-order valence-electron chi connectivity index (χ3n) is 9.49. The molecule has 16 nitrogen and oxygen atoms in total. The van der Waals surface area contributed by atoms with Crippen molar-refractivity contribution < 1.29 is 81.2 Å². The molecule has 5 rings (SSSR count). The monoisotopic (exact) mass is 976 g/mol. The van der Waals surface area contributed by atoms with Crippen molar-refractivity contribution in [1.29, 1.82) is 0 Å². The molecule has 0 aliphatic carbocycles. The molecule has 4 aromatic carbocycles. The molecule has 0 radical (unpaired) electrons. The third kappa shape index (κ3) is 15.5. The van der Waals surface area contributed by atoms with Crippen LogP contribution in [-0.4, -0.2) is 99.8 Å². The Morgan fingerprint density at radius 3 is 1.32 bits per heavy atom. The molecule has 0 spiro atoms. The maximum Gasteiger partial charge on any atom is 0.416 e. The van der Waals surface area contributed by atoms with Crippen molar-refractivity contribution in [3.63, 3.8) is 0 Å². The first kappa shape index (κ1) is 52.5. The van der Waals surface area contributed by atoms with Gasteiger partial charge in [-0.15, -0.1) is 0 Å². The van der Waals surface area contributed by atoms with Crippen LogP contribution in [0.1, 0.15) is 24.0 Å². The Hall–Kier alpha value is -6.11. The highest BCUT2D eigenvalue weighted by atomic mass is 32.2. The number of nitrogens with one attached hydrogen (secondary N) is 1. The van der Waals surface area contributed by atoms with Crippen molar-refractivity contribution in [3.05, 3.63) is 108 Å². The van der Waals surface area contributed by atoms with Gasteiger partial charge in [-0.25, -0.2) is 21.6 Å². The van der Waals surface area contributed by atoms with Gasteiger partial charge >= 0.3 is 24.3 Å². The summed E-state index contributed by atoms with van der Waals surface area (Å²) < 4.78 is 153. The number of anilines is 2. The van der Waals surface area contributed by atoms with E-state index < -0.39 is 80.0 Å². The molecule has 4 aromatic rings. The van der Waals surface area contributed by atoms with E-state index in [-0.39, 0.29) is 46.8 Å². The molecule has 24 heteroatoms. The fourth-order valence-electron chi connectivity index (χ4n) is 6.06. The third-order valence-corrected chi connectivity index (χ3v) is 11.8. The summed E-state index contributed by atoms with van der Waals surface area (Å²) in [7, 11) is -5.37. The number of esters is 2. The number of methoxy groups -OCH3 is 2. The van der Waals surface area contributed by atoms with E-state index in [1.165, 1.54) is 72.8 Å². The van der Waals surface area contributed by atoms with Gasteiger partial charge in [-0.05, 0) is 110 Å². The molecular weight excluding hydrogens is 931 g/mol. The predicted molar refractivity (Wildman–Crippen MR) is 228 cm³/mol. The molecule has 3 N–H and O–H groups in total. The Bertz CT molecular complexity index is 2470. The molecule has 1 heterocycles. The Kier molecular flexibility index (Phi) is 17.8. The zero-order valence-electron chi connectivity index (χ0n) is 35.7. The molecule has 2 atom stereocenters. The molecule has 1 saturated heterocycles. The van der Waals surface area contributed by atoms with Gasteiger partial charge in [-0.3, -0.25) is 18.2 Å². The number of nitrogens with two attached hydrogens (primary N) is 1. The summed E-state index contributed by atoms with van der Waals surface area (Å²) in [6.07, 6.45) is -6.04. The highest BCUT2D eigenvalue weighted by molar-refractivity contribution is 7.92. The van der Waals surface area contributed by atoms with Crippen molar-refractivity contribution in [2.45, 2.75) is 37.3 Å². The van der Waals surface area contributed by atoms with Crippen molar-refractivity contribution >= 4 is 49.3 Å². The Morgan fingerprint density at radius 2 is 0.985 bits per heavy atom. The van der Waals surface area contributed by atoms with Crippen molar-refractivity contribution in [1.82, 2.24) is 5.32 Å². The van der Waals surface area contributed by atoms with E-state index in [0.29, 0.717) is 26.1 Å². The molecule has 66 heavy (non-hydrogen) atoms. The molecule has 0 saturated carbocycles. The van der Waals surface area contributed by atoms with Gasteiger partial charge in [0.05, 0.1) is 62.3 Å². The molecule has 0 bridgehead atoms. The van der Waals surface area contributed by atoms with Gasteiger partial charge in [0.2, 0.25) is 26.0 Å². The van der Waals surface area contributed by atoms with E-state index in [1.807, 2.05) is 0 Å². The number of carbonyl (C=O) groups excluding carboxylic acids is 3. The standard InChI is InChI=1S/C24H27F3N2O7S.C18H19F3N2O5S/c1-34-23(31)21(28-22(30)16-11-13-35-14-12-16)15-29(37(2,32)33)18-5-9-20(10-6-18)36-19-7-3-17(4-8-19)24(25,26)27;1-27-17(24)16(22)11-23(29(2,25)26)13-5-9-15(10-6-13)28-14-7-3-12(4-8-14)18(19,20)21/h3-10,16,21H,11-15H2,1-2H3,(H,28,30);3-10,16H,11,22H2,1-2H3/t21-;16-/m00/s1. The second-order valence-corrected chi connectivity index (χ2v) is 18.2. The normalized spacial score (nSPS) is 14.3. The fourth-order valence-corrected chi connectivity index (χ4v) is 7.92. The summed E-state index contributed by atoms with van der Waals surface area (Å²) in [4.78, 5) is 36.6. The Morgan fingerprint density at radius 1 is 0.636 bits per heavy atom. The number of ether oxygens (including phenoxy) is 5. The number of hydrogen-bond acceptors (Lipinski definition) is 13. The minimum Gasteiger partial charge on any atom is -0.468 e. The molecule has 1 fully saturated rings. The topological polar surface area (TPSA) is 210 Å². The lowest BCUT2D eigenvalue weighted by Crippen LogP contribution is -2.52. The zero-order chi connectivity index (χ0) is 49.0. The van der Waals surface area contributed by atoms with E-state index in [1.54, 1.807) is 0 Å². The van der Waals surface area contributed by atoms with E-state index in [9.17, 15) is 57.6 Å². The predicted octanol–water partition coefficient (Wildman–Crippen LogP) is 6.11. The Labute approximate surface area is 376 Å². The highest BCUT2D eigenvalue weighted by Crippen LogP contribution is 2.34. The average Bonchev–Trinajstić information content (AvgIpc) is 3.26. The number of benzene rings is 4. The van der Waals surface area contributed by atoms with Crippen molar-refractivity contribution in [3.8, 4) is 23.0 Å². The summed E-state index contributed by atoms with van der Waals surface area (Å²) in [5, 5.41) is 2.59. The van der Waals surface area contributed by atoms with Crippen molar-refractivity contribution in [2.24, 2.45) is 11.7 Å². The van der Waals surface area contributed by atoms with Gasteiger partial charge in [-0.2, -0.15) is 26.3 Å². The van der Waals surface area contributed by atoms with Crippen molar-refractivity contribution in [2.75, 3.05) is 61.6 Å². The summed E-state index contributed by atoms with van der Waals surface area (Å²) in [6.45, 7) is 0.0822. The van der Waals surface area contributed by atoms with Crippen LogP contribution in [0.15, 0.2) is 97.1 Å². The number of amides is 1. The second kappa shape index (κ2) is 22.4. The minimum atomic E-state index is -4.47. The Balaban J connectivity index is 0.000000297. The first-order chi connectivity index (χ1) is 30.8. The maximum atomic E-state index is 12.7. The molecule has 0 unspecified atom stereocenters. The maximum absolute atomic E-state index is 12.7. The average molecular weight is 977 g/mol. The smallest absolute Gasteiger partial charge is 0.416 e. The van der Waals surface area contributed by atoms with Crippen LogP contribution in [-0.2, 0) is 61.0 Å². The van der Waals surface area contributed by atoms with Crippen LogP contribution in [0.3, 0.4) is 0 Å². The van der Waals surface area contributed by atoms with Gasteiger partial charge in [-0.1, -0.05) is 0 Å². The van der Waals surface area contributed by atoms with Gasteiger partial charge in [0.1, 0.15) is 35.1 Å². The number of nitrogens with zero attached hydrogens (tertiary/aromatic N) is 2. The quantitative estimate of drug-likeness (QED) is 0.0960. The first-order valence-corrected chi connectivity index (χ1v) is 23.1. The van der Waals surface area contributed by atoms with E-state index in [4.69, 9.17) is 24.7 Å². The summed E-state index contributed by atoms with van der Waals surface area (Å²) in [6, 6.07) is 17.2. The largest absolute Gasteiger partial charge is 0.468 e. The van der Waals surface area contributed by atoms with E-state index in [2.05, 4.69) is 10.1 Å². The minimum absolute atomic E-state index is 0.155. The molecule has 360 valence electrons. The number of sulfonamides is 2. The van der Waals surface area contributed by atoms with E-state index in [0.717, 1.165) is 59.6 Å². The summed E-state index contributed by atoms with van der Waals surface area (Å²) in [5.41, 5.74) is 4.44. The fraction of sp³-hybridized carbons (Fsp3) is 0.357. The van der Waals surface area contributed by atoms with Crippen LogP contribution in [0.2, 0.25) is 0 Å². The molecular formula is C42H46F6N4O12S2. The van der Waals surface area contributed by atoms with Crippen LogP contribution < -0.4 is 29.1 Å². The lowest BCUT2D eigenvalue weighted by Gasteiger charge is -2.28. The highest BCUT2D eigenvalue weighted by Gasteiger charge is 2.33.